The maximum absolute atomic E-state index is 11.9. The van der Waals surface area contributed by atoms with E-state index < -0.39 is 0 Å². The van der Waals surface area contributed by atoms with Crippen LogP contribution >= 0.6 is 31.9 Å². The second kappa shape index (κ2) is 5.37. The number of hydrogen-bond acceptors (Lipinski definition) is 3. The van der Waals surface area contributed by atoms with Crippen LogP contribution in [0.1, 0.15) is 10.4 Å². The molecule has 0 aliphatic carbocycles. The third kappa shape index (κ3) is 3.10. The largest absolute Gasteiger partial charge is 0.321 e. The minimum absolute atomic E-state index is 0.194. The van der Waals surface area contributed by atoms with Gasteiger partial charge in [0.2, 0.25) is 0 Å². The van der Waals surface area contributed by atoms with Crippen molar-refractivity contribution in [2.24, 2.45) is 0 Å². The van der Waals surface area contributed by atoms with Gasteiger partial charge in [0.25, 0.3) is 5.91 Å². The average Bonchev–Trinajstić information content (AvgIpc) is 2.32. The minimum atomic E-state index is -0.194. The van der Waals surface area contributed by atoms with Crippen LogP contribution in [0.2, 0.25) is 0 Å². The summed E-state index contributed by atoms with van der Waals surface area (Å²) < 4.78 is 1.36. The Morgan fingerprint density at radius 3 is 2.76 bits per heavy atom. The van der Waals surface area contributed by atoms with E-state index in [-0.39, 0.29) is 5.91 Å². The van der Waals surface area contributed by atoms with Gasteiger partial charge in [-0.3, -0.25) is 9.78 Å². The first kappa shape index (κ1) is 12.2. The molecule has 0 saturated carbocycles. The fourth-order valence-corrected chi connectivity index (χ4v) is 1.93. The second-order valence-electron chi connectivity index (χ2n) is 3.18. The van der Waals surface area contributed by atoms with E-state index in [0.717, 1.165) is 4.47 Å². The van der Waals surface area contributed by atoms with Crippen molar-refractivity contribution in [3.8, 4) is 0 Å². The summed E-state index contributed by atoms with van der Waals surface area (Å²) in [5, 5.41) is 2.78. The van der Waals surface area contributed by atoms with Crippen LogP contribution in [-0.4, -0.2) is 15.9 Å². The van der Waals surface area contributed by atoms with Gasteiger partial charge in [-0.15, -0.1) is 0 Å². The van der Waals surface area contributed by atoms with Crippen LogP contribution in [0.5, 0.6) is 0 Å². The molecule has 1 N–H and O–H groups in total. The Morgan fingerprint density at radius 2 is 2.06 bits per heavy atom. The molecule has 0 radical (unpaired) electrons. The third-order valence-electron chi connectivity index (χ3n) is 2.01. The molecule has 17 heavy (non-hydrogen) atoms. The number of pyridine rings is 2. The van der Waals surface area contributed by atoms with Gasteiger partial charge in [-0.1, -0.05) is 0 Å². The highest BCUT2D eigenvalue weighted by Gasteiger charge is 2.08. The molecule has 0 bridgehead atoms. The summed E-state index contributed by atoms with van der Waals surface area (Å²) >= 11 is 6.53. The summed E-state index contributed by atoms with van der Waals surface area (Å²) in [6.45, 7) is 0. The molecule has 6 heteroatoms. The van der Waals surface area contributed by atoms with E-state index in [1.54, 1.807) is 36.8 Å². The first-order valence-corrected chi connectivity index (χ1v) is 6.28. The monoisotopic (exact) mass is 355 g/mol. The molecular weight excluding hydrogens is 350 g/mol. The molecule has 0 aliphatic heterocycles. The van der Waals surface area contributed by atoms with Crippen LogP contribution in [0.15, 0.2) is 45.9 Å². The molecule has 2 aromatic rings. The number of amides is 1. The molecule has 2 heterocycles. The van der Waals surface area contributed by atoms with E-state index in [0.29, 0.717) is 15.9 Å². The Balaban J connectivity index is 2.20. The molecule has 86 valence electrons. The molecule has 0 unspecified atom stereocenters. The quantitative estimate of drug-likeness (QED) is 0.840. The standard InChI is InChI=1S/C11H7Br2N3O/c12-8-6-14-3-2-9(8)16-11(17)7-1-4-15-10(13)5-7/h1-6H,(H,14,16,17). The van der Waals surface area contributed by atoms with Gasteiger partial charge in [0.05, 0.1) is 10.2 Å². The highest BCUT2D eigenvalue weighted by atomic mass is 79.9. The Labute approximate surface area is 115 Å². The Bertz CT molecular complexity index is 560. The number of aromatic nitrogens is 2. The zero-order valence-electron chi connectivity index (χ0n) is 8.52. The summed E-state index contributed by atoms with van der Waals surface area (Å²) in [4.78, 5) is 19.8. The minimum Gasteiger partial charge on any atom is -0.321 e. The number of carbonyl (C=O) groups excluding carboxylic acids is 1. The average molecular weight is 357 g/mol. The van der Waals surface area contributed by atoms with Gasteiger partial charge in [0.15, 0.2) is 0 Å². The van der Waals surface area contributed by atoms with Gasteiger partial charge in [-0.05, 0) is 50.1 Å². The first-order chi connectivity index (χ1) is 8.16. The molecule has 0 aromatic carbocycles. The van der Waals surface area contributed by atoms with Crippen molar-refractivity contribution in [2.75, 3.05) is 5.32 Å². The Hall–Kier alpha value is -1.27. The van der Waals surface area contributed by atoms with E-state index in [4.69, 9.17) is 0 Å². The predicted octanol–water partition coefficient (Wildman–Crippen LogP) is 3.25. The summed E-state index contributed by atoms with van der Waals surface area (Å²) in [5.74, 6) is -0.194. The molecular formula is C11H7Br2N3O. The van der Waals surface area contributed by atoms with E-state index in [1.165, 1.54) is 0 Å². The van der Waals surface area contributed by atoms with Gasteiger partial charge >= 0.3 is 0 Å². The van der Waals surface area contributed by atoms with Crippen molar-refractivity contribution >= 4 is 43.5 Å². The SMILES string of the molecule is O=C(Nc1ccncc1Br)c1ccnc(Br)c1. The number of anilines is 1. The summed E-state index contributed by atoms with van der Waals surface area (Å²) in [5.41, 5.74) is 1.22. The van der Waals surface area contributed by atoms with E-state index in [9.17, 15) is 4.79 Å². The van der Waals surface area contributed by atoms with Gasteiger partial charge in [-0.2, -0.15) is 0 Å². The predicted molar refractivity (Wildman–Crippen MR) is 71.8 cm³/mol. The fourth-order valence-electron chi connectivity index (χ4n) is 1.21. The molecule has 0 fully saturated rings. The normalized spacial score (nSPS) is 10.0. The number of rotatable bonds is 2. The van der Waals surface area contributed by atoms with Gasteiger partial charge in [0.1, 0.15) is 4.60 Å². The maximum Gasteiger partial charge on any atom is 0.255 e. The second-order valence-corrected chi connectivity index (χ2v) is 4.84. The Kier molecular flexibility index (Phi) is 3.86. The Morgan fingerprint density at radius 1 is 1.24 bits per heavy atom. The summed E-state index contributed by atoms with van der Waals surface area (Å²) in [7, 11) is 0. The molecule has 1 amide bonds. The van der Waals surface area contributed by atoms with Crippen molar-refractivity contribution in [3.05, 3.63) is 51.4 Å². The van der Waals surface area contributed by atoms with Crippen LogP contribution in [0.3, 0.4) is 0 Å². The zero-order chi connectivity index (χ0) is 12.3. The van der Waals surface area contributed by atoms with Crippen LogP contribution in [0.4, 0.5) is 5.69 Å². The van der Waals surface area contributed by atoms with Crippen LogP contribution < -0.4 is 5.32 Å². The number of halogens is 2. The molecule has 0 spiro atoms. The van der Waals surface area contributed by atoms with Gasteiger partial charge in [-0.25, -0.2) is 4.98 Å². The van der Waals surface area contributed by atoms with Crippen LogP contribution in [0.25, 0.3) is 0 Å². The molecule has 0 aliphatic rings. The lowest BCUT2D eigenvalue weighted by Crippen LogP contribution is -2.12. The van der Waals surface area contributed by atoms with E-state index in [2.05, 4.69) is 47.1 Å². The third-order valence-corrected chi connectivity index (χ3v) is 3.07. The lowest BCUT2D eigenvalue weighted by Gasteiger charge is -2.06. The van der Waals surface area contributed by atoms with Gasteiger partial charge < -0.3 is 5.32 Å². The van der Waals surface area contributed by atoms with Crippen molar-refractivity contribution in [2.45, 2.75) is 0 Å². The van der Waals surface area contributed by atoms with Crippen LogP contribution in [0, 0.1) is 0 Å². The van der Waals surface area contributed by atoms with Gasteiger partial charge in [0, 0.05) is 24.2 Å². The number of nitrogens with one attached hydrogen (secondary N) is 1. The van der Waals surface area contributed by atoms with E-state index >= 15 is 0 Å². The first-order valence-electron chi connectivity index (χ1n) is 4.69. The number of nitrogens with zero attached hydrogens (tertiary/aromatic N) is 2. The lowest BCUT2D eigenvalue weighted by molar-refractivity contribution is 0.102. The van der Waals surface area contributed by atoms with Crippen molar-refractivity contribution < 1.29 is 4.79 Å². The van der Waals surface area contributed by atoms with Crippen molar-refractivity contribution in [3.63, 3.8) is 0 Å². The smallest absolute Gasteiger partial charge is 0.255 e. The number of hydrogen-bond donors (Lipinski definition) is 1. The fraction of sp³-hybridized carbons (Fsp3) is 0. The molecule has 2 aromatic heterocycles. The number of carbonyl (C=O) groups is 1. The molecule has 0 saturated heterocycles. The molecule has 2 rings (SSSR count). The summed E-state index contributed by atoms with van der Waals surface area (Å²) in [6.07, 6.45) is 4.81. The highest BCUT2D eigenvalue weighted by molar-refractivity contribution is 9.10. The lowest BCUT2D eigenvalue weighted by atomic mass is 10.2. The van der Waals surface area contributed by atoms with Crippen molar-refractivity contribution in [1.82, 2.24) is 9.97 Å². The molecule has 0 atom stereocenters. The molecule has 4 nitrogen and oxygen atoms in total. The summed E-state index contributed by atoms with van der Waals surface area (Å²) in [6, 6.07) is 5.03. The zero-order valence-corrected chi connectivity index (χ0v) is 11.7. The maximum atomic E-state index is 11.9. The van der Waals surface area contributed by atoms with E-state index in [1.807, 2.05) is 0 Å². The topological polar surface area (TPSA) is 54.9 Å². The van der Waals surface area contributed by atoms with Crippen molar-refractivity contribution in [1.29, 1.82) is 0 Å². The highest BCUT2D eigenvalue weighted by Crippen LogP contribution is 2.20. The van der Waals surface area contributed by atoms with Crippen LogP contribution in [-0.2, 0) is 0 Å².